The quantitative estimate of drug-likeness (QED) is 0.922. The van der Waals surface area contributed by atoms with Gasteiger partial charge in [-0.3, -0.25) is 4.68 Å². The Morgan fingerprint density at radius 2 is 2.00 bits per heavy atom. The number of aromatic nitrogens is 2. The summed E-state index contributed by atoms with van der Waals surface area (Å²) in [5, 5.41) is 7.39. The van der Waals surface area contributed by atoms with E-state index < -0.39 is 12.4 Å². The van der Waals surface area contributed by atoms with Crippen LogP contribution >= 0.6 is 0 Å². The molecule has 0 radical (unpaired) electrons. The average Bonchev–Trinajstić information content (AvgIpc) is 2.82. The summed E-state index contributed by atoms with van der Waals surface area (Å²) in [4.78, 5) is 0. The summed E-state index contributed by atoms with van der Waals surface area (Å²) in [5.41, 5.74) is 1.04. The molecule has 0 aliphatic carbocycles. The topological polar surface area (TPSA) is 39.1 Å². The zero-order chi connectivity index (χ0) is 15.5. The van der Waals surface area contributed by atoms with Gasteiger partial charge in [0.15, 0.2) is 0 Å². The lowest BCUT2D eigenvalue weighted by Gasteiger charge is -2.20. The van der Waals surface area contributed by atoms with E-state index >= 15 is 0 Å². The number of nitrogens with one attached hydrogen (secondary N) is 1. The second-order valence-corrected chi connectivity index (χ2v) is 4.49. The fourth-order valence-corrected chi connectivity index (χ4v) is 2.10. The van der Waals surface area contributed by atoms with E-state index in [9.17, 15) is 13.2 Å². The van der Waals surface area contributed by atoms with Gasteiger partial charge in [-0.15, -0.1) is 13.2 Å². The first-order valence-corrected chi connectivity index (χ1v) is 6.48. The van der Waals surface area contributed by atoms with Crippen LogP contribution < -0.4 is 10.1 Å². The molecule has 1 atom stereocenters. The summed E-state index contributed by atoms with van der Waals surface area (Å²) in [7, 11) is 1.75. The number of aryl methyl sites for hydroxylation is 1. The highest BCUT2D eigenvalue weighted by Crippen LogP contribution is 2.32. The monoisotopic (exact) mass is 299 g/mol. The predicted octanol–water partition coefficient (Wildman–Crippen LogP) is 3.02. The van der Waals surface area contributed by atoms with Crippen molar-refractivity contribution in [3.8, 4) is 5.75 Å². The van der Waals surface area contributed by atoms with E-state index in [2.05, 4.69) is 15.2 Å². The molecule has 21 heavy (non-hydrogen) atoms. The van der Waals surface area contributed by atoms with Crippen LogP contribution in [0.15, 0.2) is 36.5 Å². The molecular formula is C14H16F3N3O. The Morgan fingerprint density at radius 3 is 2.57 bits per heavy atom. The van der Waals surface area contributed by atoms with Crippen LogP contribution in [0.3, 0.4) is 0 Å². The normalized spacial score (nSPS) is 13.2. The number of hydrogen-bond acceptors (Lipinski definition) is 3. The second-order valence-electron chi connectivity index (χ2n) is 4.49. The maximum absolute atomic E-state index is 12.5. The molecule has 2 aromatic rings. The summed E-state index contributed by atoms with van der Waals surface area (Å²) < 4.78 is 43.3. The molecule has 0 amide bonds. The van der Waals surface area contributed by atoms with Crippen molar-refractivity contribution in [2.24, 2.45) is 7.05 Å². The molecule has 1 heterocycles. The number of halogens is 3. The van der Waals surface area contributed by atoms with Crippen molar-refractivity contribution in [3.05, 3.63) is 47.8 Å². The molecule has 1 aromatic heterocycles. The van der Waals surface area contributed by atoms with E-state index in [-0.39, 0.29) is 5.75 Å². The Kier molecular flexibility index (Phi) is 4.52. The number of ether oxygens (including phenoxy) is 1. The van der Waals surface area contributed by atoms with Crippen molar-refractivity contribution in [2.45, 2.75) is 19.3 Å². The maximum Gasteiger partial charge on any atom is 0.573 e. The highest BCUT2D eigenvalue weighted by molar-refractivity contribution is 5.40. The van der Waals surface area contributed by atoms with E-state index in [1.54, 1.807) is 36.1 Å². The lowest BCUT2D eigenvalue weighted by Crippen LogP contribution is -2.25. The van der Waals surface area contributed by atoms with E-state index in [0.29, 0.717) is 17.8 Å². The van der Waals surface area contributed by atoms with Crippen molar-refractivity contribution in [1.29, 1.82) is 0 Å². The van der Waals surface area contributed by atoms with Gasteiger partial charge in [0, 0.05) is 18.8 Å². The first-order chi connectivity index (χ1) is 9.90. The number of para-hydroxylation sites is 1. The van der Waals surface area contributed by atoms with Gasteiger partial charge in [0.25, 0.3) is 0 Å². The van der Waals surface area contributed by atoms with Gasteiger partial charge in [0.05, 0.1) is 11.7 Å². The van der Waals surface area contributed by atoms with E-state index in [1.165, 1.54) is 12.1 Å². The molecule has 1 unspecified atom stereocenters. The van der Waals surface area contributed by atoms with Crippen LogP contribution in [0.5, 0.6) is 5.75 Å². The molecule has 0 saturated heterocycles. The third-order valence-electron chi connectivity index (χ3n) is 2.89. The Bertz CT molecular complexity index is 595. The summed E-state index contributed by atoms with van der Waals surface area (Å²) in [6.07, 6.45) is -2.98. The lowest BCUT2D eigenvalue weighted by atomic mass is 10.0. The number of nitrogens with zero attached hydrogens (tertiary/aromatic N) is 2. The molecule has 0 bridgehead atoms. The van der Waals surface area contributed by atoms with Gasteiger partial charge in [-0.1, -0.05) is 25.1 Å². The summed E-state index contributed by atoms with van der Waals surface area (Å²) in [6.45, 7) is 2.46. The number of alkyl halides is 3. The van der Waals surface area contributed by atoms with Gasteiger partial charge in [-0.05, 0) is 18.7 Å². The van der Waals surface area contributed by atoms with Crippen molar-refractivity contribution < 1.29 is 17.9 Å². The third-order valence-corrected chi connectivity index (χ3v) is 2.89. The highest BCUT2D eigenvalue weighted by atomic mass is 19.4. The minimum absolute atomic E-state index is 0.221. The van der Waals surface area contributed by atoms with Gasteiger partial charge >= 0.3 is 6.36 Å². The molecule has 0 saturated carbocycles. The zero-order valence-electron chi connectivity index (χ0n) is 11.7. The first-order valence-electron chi connectivity index (χ1n) is 6.48. The Labute approximate surface area is 120 Å². The summed E-state index contributed by atoms with van der Waals surface area (Å²) in [5.74, 6) is -0.221. The second kappa shape index (κ2) is 6.17. The largest absolute Gasteiger partial charge is 0.573 e. The average molecular weight is 299 g/mol. The molecule has 0 fully saturated rings. The van der Waals surface area contributed by atoms with Gasteiger partial charge in [0.2, 0.25) is 0 Å². The Hall–Kier alpha value is -2.02. The molecule has 0 aliphatic rings. The van der Waals surface area contributed by atoms with Crippen molar-refractivity contribution >= 4 is 0 Å². The van der Waals surface area contributed by atoms with Crippen LogP contribution in [0.4, 0.5) is 13.2 Å². The SMILES string of the molecule is CCNC(c1ccn(C)n1)c1ccccc1OC(F)(F)F. The van der Waals surface area contributed by atoms with Crippen molar-refractivity contribution in [3.63, 3.8) is 0 Å². The van der Waals surface area contributed by atoms with E-state index in [1.807, 2.05) is 6.92 Å². The number of benzene rings is 1. The van der Waals surface area contributed by atoms with Crippen LogP contribution in [-0.2, 0) is 7.05 Å². The molecule has 0 aliphatic heterocycles. The standard InChI is InChI=1S/C14H16F3N3O/c1-3-18-13(11-8-9-20(2)19-11)10-6-4-5-7-12(10)21-14(15,16)17/h4-9,13,18H,3H2,1-2H3. The summed E-state index contributed by atoms with van der Waals surface area (Å²) in [6, 6.07) is 7.38. The predicted molar refractivity (Wildman–Crippen MR) is 71.9 cm³/mol. The molecule has 114 valence electrons. The molecule has 2 rings (SSSR count). The fraction of sp³-hybridized carbons (Fsp3) is 0.357. The fourth-order valence-electron chi connectivity index (χ4n) is 2.10. The van der Waals surface area contributed by atoms with Gasteiger partial charge < -0.3 is 10.1 Å². The zero-order valence-corrected chi connectivity index (χ0v) is 11.7. The Balaban J connectivity index is 2.41. The van der Waals surface area contributed by atoms with Crippen molar-refractivity contribution in [1.82, 2.24) is 15.1 Å². The van der Waals surface area contributed by atoms with Crippen LogP contribution in [-0.4, -0.2) is 22.7 Å². The third kappa shape index (κ3) is 3.98. The van der Waals surface area contributed by atoms with Crippen molar-refractivity contribution in [2.75, 3.05) is 6.54 Å². The van der Waals surface area contributed by atoms with Crippen LogP contribution in [0, 0.1) is 0 Å². The molecule has 7 heteroatoms. The number of hydrogen-bond donors (Lipinski definition) is 1. The van der Waals surface area contributed by atoms with E-state index in [0.717, 1.165) is 0 Å². The Morgan fingerprint density at radius 1 is 1.29 bits per heavy atom. The van der Waals surface area contributed by atoms with E-state index in [4.69, 9.17) is 0 Å². The highest BCUT2D eigenvalue weighted by Gasteiger charge is 2.33. The molecule has 1 N–H and O–H groups in total. The van der Waals surface area contributed by atoms with Crippen LogP contribution in [0.2, 0.25) is 0 Å². The van der Waals surface area contributed by atoms with Crippen LogP contribution in [0.1, 0.15) is 24.2 Å². The molecular weight excluding hydrogens is 283 g/mol. The lowest BCUT2D eigenvalue weighted by molar-refractivity contribution is -0.275. The summed E-state index contributed by atoms with van der Waals surface area (Å²) >= 11 is 0. The van der Waals surface area contributed by atoms with Crippen LogP contribution in [0.25, 0.3) is 0 Å². The maximum atomic E-state index is 12.5. The molecule has 4 nitrogen and oxygen atoms in total. The minimum atomic E-state index is -4.73. The van der Waals surface area contributed by atoms with Gasteiger partial charge in [-0.25, -0.2) is 0 Å². The first kappa shape index (κ1) is 15.4. The minimum Gasteiger partial charge on any atom is -0.405 e. The van der Waals surface area contributed by atoms with Gasteiger partial charge in [-0.2, -0.15) is 5.10 Å². The van der Waals surface area contributed by atoms with Gasteiger partial charge in [0.1, 0.15) is 5.75 Å². The number of rotatable bonds is 5. The molecule has 1 aromatic carbocycles. The smallest absolute Gasteiger partial charge is 0.405 e. The molecule has 0 spiro atoms.